The second-order valence-electron chi connectivity index (χ2n) is 3.39. The maximum absolute atomic E-state index is 13.2. The van der Waals surface area contributed by atoms with Crippen molar-refractivity contribution in [2.75, 3.05) is 7.11 Å². The maximum Gasteiger partial charge on any atom is 0.127 e. The molecule has 1 nitrogen and oxygen atoms in total. The van der Waals surface area contributed by atoms with Crippen molar-refractivity contribution in [3.63, 3.8) is 0 Å². The van der Waals surface area contributed by atoms with Gasteiger partial charge >= 0.3 is 0 Å². The van der Waals surface area contributed by atoms with E-state index in [4.69, 9.17) is 4.74 Å². The van der Waals surface area contributed by atoms with Crippen molar-refractivity contribution in [3.8, 4) is 16.9 Å². The van der Waals surface area contributed by atoms with Crippen LogP contribution < -0.4 is 4.74 Å². The Labute approximate surface area is 92.3 Å². The van der Waals surface area contributed by atoms with Crippen molar-refractivity contribution in [2.45, 2.75) is 0 Å². The molecule has 0 heterocycles. The predicted molar refractivity (Wildman–Crippen MR) is 58.3 cm³/mol. The SMILES string of the molecule is COc1cc(F)cc(-c2ccc(F)cc2)c1. The van der Waals surface area contributed by atoms with Gasteiger partial charge in [0.15, 0.2) is 0 Å². The van der Waals surface area contributed by atoms with E-state index in [2.05, 4.69) is 0 Å². The Morgan fingerprint density at radius 3 is 2.12 bits per heavy atom. The van der Waals surface area contributed by atoms with Crippen molar-refractivity contribution in [3.05, 3.63) is 54.1 Å². The summed E-state index contributed by atoms with van der Waals surface area (Å²) in [6, 6.07) is 10.3. The molecule has 0 aromatic heterocycles. The Morgan fingerprint density at radius 2 is 1.50 bits per heavy atom. The van der Waals surface area contributed by atoms with Crippen LogP contribution in [0.1, 0.15) is 0 Å². The van der Waals surface area contributed by atoms with Crippen molar-refractivity contribution < 1.29 is 13.5 Å². The molecular formula is C13H10F2O. The summed E-state index contributed by atoms with van der Waals surface area (Å²) in [6.07, 6.45) is 0. The molecule has 0 N–H and O–H groups in total. The molecule has 3 heteroatoms. The van der Waals surface area contributed by atoms with Gasteiger partial charge in [0.05, 0.1) is 7.11 Å². The van der Waals surface area contributed by atoms with Gasteiger partial charge in [-0.25, -0.2) is 8.78 Å². The number of hydrogen-bond donors (Lipinski definition) is 0. The van der Waals surface area contributed by atoms with Gasteiger partial charge in [-0.1, -0.05) is 12.1 Å². The number of benzene rings is 2. The quantitative estimate of drug-likeness (QED) is 0.750. The highest BCUT2D eigenvalue weighted by Gasteiger charge is 2.03. The summed E-state index contributed by atoms with van der Waals surface area (Å²) < 4.78 is 30.9. The van der Waals surface area contributed by atoms with E-state index >= 15 is 0 Å². The van der Waals surface area contributed by atoms with E-state index in [9.17, 15) is 8.78 Å². The standard InChI is InChI=1S/C13H10F2O/c1-16-13-7-10(6-12(15)8-13)9-2-4-11(14)5-3-9/h2-8H,1H3. The second-order valence-corrected chi connectivity index (χ2v) is 3.39. The van der Waals surface area contributed by atoms with Gasteiger partial charge in [0.2, 0.25) is 0 Å². The molecule has 0 unspecified atom stereocenters. The number of methoxy groups -OCH3 is 1. The maximum atomic E-state index is 13.2. The van der Waals surface area contributed by atoms with Crippen molar-refractivity contribution in [1.82, 2.24) is 0 Å². The summed E-state index contributed by atoms with van der Waals surface area (Å²) >= 11 is 0. The third-order valence-electron chi connectivity index (χ3n) is 2.28. The zero-order chi connectivity index (χ0) is 11.5. The lowest BCUT2D eigenvalue weighted by Crippen LogP contribution is -1.87. The molecule has 82 valence electrons. The average Bonchev–Trinajstić information content (AvgIpc) is 2.29. The molecule has 0 bridgehead atoms. The van der Waals surface area contributed by atoms with Gasteiger partial charge in [-0.3, -0.25) is 0 Å². The second kappa shape index (κ2) is 4.31. The molecule has 0 aliphatic heterocycles. The largest absolute Gasteiger partial charge is 0.497 e. The van der Waals surface area contributed by atoms with Gasteiger partial charge in [0, 0.05) is 6.07 Å². The van der Waals surface area contributed by atoms with Crippen molar-refractivity contribution in [1.29, 1.82) is 0 Å². The smallest absolute Gasteiger partial charge is 0.127 e. The van der Waals surface area contributed by atoms with Crippen LogP contribution in [0.4, 0.5) is 8.78 Å². The summed E-state index contributed by atoms with van der Waals surface area (Å²) in [5.41, 5.74) is 1.41. The van der Waals surface area contributed by atoms with Crippen LogP contribution in [-0.4, -0.2) is 7.11 Å². The summed E-state index contributed by atoms with van der Waals surface area (Å²) in [5.74, 6) is -0.245. The third-order valence-corrected chi connectivity index (χ3v) is 2.28. The lowest BCUT2D eigenvalue weighted by Gasteiger charge is -2.05. The molecule has 0 saturated heterocycles. The highest BCUT2D eigenvalue weighted by molar-refractivity contribution is 5.65. The molecule has 0 aliphatic carbocycles. The van der Waals surface area contributed by atoms with E-state index in [0.717, 1.165) is 5.56 Å². The highest BCUT2D eigenvalue weighted by Crippen LogP contribution is 2.25. The molecule has 16 heavy (non-hydrogen) atoms. The minimum atomic E-state index is -0.376. The molecule has 0 spiro atoms. The van der Waals surface area contributed by atoms with Crippen molar-refractivity contribution >= 4 is 0 Å². The van der Waals surface area contributed by atoms with Crippen LogP contribution in [-0.2, 0) is 0 Å². The molecule has 0 saturated carbocycles. The first-order valence-corrected chi connectivity index (χ1v) is 4.79. The van der Waals surface area contributed by atoms with Crippen LogP contribution in [0.5, 0.6) is 5.75 Å². The normalized spacial score (nSPS) is 10.2. The average molecular weight is 220 g/mol. The van der Waals surface area contributed by atoms with Gasteiger partial charge in [0.25, 0.3) is 0 Å². The Morgan fingerprint density at radius 1 is 0.812 bits per heavy atom. The van der Waals surface area contributed by atoms with E-state index in [1.165, 1.54) is 31.4 Å². The van der Waals surface area contributed by atoms with Gasteiger partial charge in [-0.2, -0.15) is 0 Å². The highest BCUT2D eigenvalue weighted by atomic mass is 19.1. The number of rotatable bonds is 2. The Balaban J connectivity index is 2.47. The first-order chi connectivity index (χ1) is 7.69. The fraction of sp³-hybridized carbons (Fsp3) is 0.0769. The predicted octanol–water partition coefficient (Wildman–Crippen LogP) is 3.64. The first-order valence-electron chi connectivity index (χ1n) is 4.79. The Kier molecular flexibility index (Phi) is 2.86. The fourth-order valence-corrected chi connectivity index (χ4v) is 1.49. The topological polar surface area (TPSA) is 9.23 Å². The lowest BCUT2D eigenvalue weighted by atomic mass is 10.1. The third kappa shape index (κ3) is 2.19. The van der Waals surface area contributed by atoms with E-state index in [1.54, 1.807) is 18.2 Å². The molecule has 2 aromatic rings. The van der Waals surface area contributed by atoms with Gasteiger partial charge in [-0.05, 0) is 35.4 Å². The van der Waals surface area contributed by atoms with Crippen LogP contribution in [0.3, 0.4) is 0 Å². The van der Waals surface area contributed by atoms with Crippen LogP contribution in [0.2, 0.25) is 0 Å². The molecule has 2 aromatic carbocycles. The van der Waals surface area contributed by atoms with E-state index in [1.807, 2.05) is 0 Å². The van der Waals surface area contributed by atoms with Gasteiger partial charge in [0.1, 0.15) is 17.4 Å². The molecule has 0 fully saturated rings. The molecule has 0 aliphatic rings. The van der Waals surface area contributed by atoms with Gasteiger partial charge in [-0.15, -0.1) is 0 Å². The van der Waals surface area contributed by atoms with Crippen LogP contribution in [0.15, 0.2) is 42.5 Å². The molecule has 0 amide bonds. The Bertz CT molecular complexity index is 492. The lowest BCUT2D eigenvalue weighted by molar-refractivity contribution is 0.411. The van der Waals surface area contributed by atoms with Crippen molar-refractivity contribution in [2.24, 2.45) is 0 Å². The summed E-state index contributed by atoms with van der Waals surface area (Å²) in [7, 11) is 1.48. The van der Waals surface area contributed by atoms with Crippen LogP contribution >= 0.6 is 0 Å². The summed E-state index contributed by atoms with van der Waals surface area (Å²) in [5, 5.41) is 0. The summed E-state index contributed by atoms with van der Waals surface area (Å²) in [4.78, 5) is 0. The zero-order valence-electron chi connectivity index (χ0n) is 8.71. The molecule has 0 radical (unpaired) electrons. The first kappa shape index (κ1) is 10.6. The van der Waals surface area contributed by atoms with E-state index < -0.39 is 0 Å². The molecule has 2 rings (SSSR count). The summed E-state index contributed by atoms with van der Waals surface area (Å²) in [6.45, 7) is 0. The fourth-order valence-electron chi connectivity index (χ4n) is 1.49. The van der Waals surface area contributed by atoms with Crippen LogP contribution in [0, 0.1) is 11.6 Å². The number of ether oxygens (including phenoxy) is 1. The van der Waals surface area contributed by atoms with E-state index in [-0.39, 0.29) is 11.6 Å². The number of halogens is 2. The minimum Gasteiger partial charge on any atom is -0.497 e. The monoisotopic (exact) mass is 220 g/mol. The van der Waals surface area contributed by atoms with E-state index in [0.29, 0.717) is 11.3 Å². The molecular weight excluding hydrogens is 210 g/mol. The minimum absolute atomic E-state index is 0.313. The molecule has 0 atom stereocenters. The zero-order valence-corrected chi connectivity index (χ0v) is 8.71. The number of hydrogen-bond acceptors (Lipinski definition) is 1. The Hall–Kier alpha value is -1.90. The van der Waals surface area contributed by atoms with Gasteiger partial charge < -0.3 is 4.74 Å². The van der Waals surface area contributed by atoms with Crippen LogP contribution in [0.25, 0.3) is 11.1 Å².